The Balaban J connectivity index is 1.34. The molecule has 1 spiro atoms. The maximum absolute atomic E-state index is 6.03. The number of nitrogens with zero attached hydrogens (tertiary/aromatic N) is 3. The predicted octanol–water partition coefficient (Wildman–Crippen LogP) is 10.4. The molecule has 1 aliphatic carbocycles. The molecule has 2 aliphatic rings. The Morgan fingerprint density at radius 1 is 0.447 bits per heavy atom. The number of aromatic nitrogens is 3. The van der Waals surface area contributed by atoms with Crippen LogP contribution in [0.3, 0.4) is 0 Å². The molecule has 10 rings (SSSR count). The molecule has 3 heterocycles. The van der Waals surface area contributed by atoms with Gasteiger partial charge in [-0.15, -0.1) is 0 Å². The van der Waals surface area contributed by atoms with Gasteiger partial charge in [-0.3, -0.25) is 0 Å². The van der Waals surface area contributed by atoms with Crippen molar-refractivity contribution in [3.05, 3.63) is 174 Å². The first kappa shape index (κ1) is 26.4. The summed E-state index contributed by atoms with van der Waals surface area (Å²) in [6.07, 6.45) is 1.79. The summed E-state index contributed by atoms with van der Waals surface area (Å²) in [6.45, 7) is 0. The summed E-state index contributed by atoms with van der Waals surface area (Å²) in [5.74, 6) is 1.93. The number of hydrogen-bond donors (Lipinski definition) is 0. The van der Waals surface area contributed by atoms with Crippen LogP contribution in [0.4, 0.5) is 0 Å². The fraction of sp³-hybridized carbons (Fsp3) is 0.0238. The fourth-order valence-corrected chi connectivity index (χ4v) is 8.79. The number of fused-ring (bicyclic) bond motifs is 11. The molecule has 0 unspecified atom stereocenters. The summed E-state index contributed by atoms with van der Waals surface area (Å²) in [5, 5.41) is 1.09. The SMILES string of the molecule is c1ccc(-c2nc(-c3ccccc3)nc(-c3cccc4c3-c3c(ccc5occc35)C43c4ccccc4Sc4ccccc43)n2)cc1. The molecule has 220 valence electrons. The highest BCUT2D eigenvalue weighted by atomic mass is 32.2. The molecule has 2 aromatic heterocycles. The molecule has 6 aromatic carbocycles. The molecule has 8 aromatic rings. The van der Waals surface area contributed by atoms with E-state index in [0.717, 1.165) is 33.2 Å². The molecule has 0 saturated carbocycles. The molecular weight excluding hydrogens is 595 g/mol. The van der Waals surface area contributed by atoms with E-state index in [1.165, 1.54) is 37.6 Å². The topological polar surface area (TPSA) is 51.8 Å². The van der Waals surface area contributed by atoms with E-state index in [4.69, 9.17) is 19.4 Å². The highest BCUT2D eigenvalue weighted by Crippen LogP contribution is 2.64. The van der Waals surface area contributed by atoms with Crippen LogP contribution in [0.5, 0.6) is 0 Å². The predicted molar refractivity (Wildman–Crippen MR) is 187 cm³/mol. The minimum absolute atomic E-state index is 0.526. The Labute approximate surface area is 275 Å². The first-order valence-corrected chi connectivity index (χ1v) is 16.5. The van der Waals surface area contributed by atoms with Crippen molar-refractivity contribution in [2.24, 2.45) is 0 Å². The monoisotopic (exact) mass is 619 g/mol. The second kappa shape index (κ2) is 10.1. The van der Waals surface area contributed by atoms with Crippen molar-refractivity contribution in [1.29, 1.82) is 0 Å². The zero-order valence-corrected chi connectivity index (χ0v) is 25.9. The molecule has 47 heavy (non-hydrogen) atoms. The first-order chi connectivity index (χ1) is 23.3. The lowest BCUT2D eigenvalue weighted by atomic mass is 9.67. The molecule has 0 N–H and O–H groups in total. The lowest BCUT2D eigenvalue weighted by Crippen LogP contribution is -2.31. The van der Waals surface area contributed by atoms with Crippen LogP contribution < -0.4 is 0 Å². The molecule has 0 saturated heterocycles. The van der Waals surface area contributed by atoms with Crippen LogP contribution >= 0.6 is 11.8 Å². The van der Waals surface area contributed by atoms with Crippen molar-refractivity contribution in [3.8, 4) is 45.3 Å². The summed E-state index contributed by atoms with van der Waals surface area (Å²) in [7, 11) is 0. The van der Waals surface area contributed by atoms with Crippen LogP contribution in [0.15, 0.2) is 166 Å². The van der Waals surface area contributed by atoms with Gasteiger partial charge in [-0.1, -0.05) is 133 Å². The van der Waals surface area contributed by atoms with E-state index < -0.39 is 5.41 Å². The number of benzene rings is 6. The zero-order chi connectivity index (χ0) is 31.0. The minimum atomic E-state index is -0.526. The van der Waals surface area contributed by atoms with Crippen molar-refractivity contribution in [3.63, 3.8) is 0 Å². The van der Waals surface area contributed by atoms with Gasteiger partial charge in [0.2, 0.25) is 0 Å². The third kappa shape index (κ3) is 3.75. The van der Waals surface area contributed by atoms with E-state index in [9.17, 15) is 0 Å². The van der Waals surface area contributed by atoms with E-state index in [-0.39, 0.29) is 0 Å². The summed E-state index contributed by atoms with van der Waals surface area (Å²) in [5.41, 5.74) is 10.5. The Kier molecular flexibility index (Phi) is 5.69. The van der Waals surface area contributed by atoms with Gasteiger partial charge in [0, 0.05) is 31.9 Å². The van der Waals surface area contributed by atoms with E-state index in [2.05, 4.69) is 109 Å². The Morgan fingerprint density at radius 2 is 1.00 bits per heavy atom. The van der Waals surface area contributed by atoms with Crippen molar-refractivity contribution >= 4 is 22.7 Å². The maximum Gasteiger partial charge on any atom is 0.164 e. The smallest absolute Gasteiger partial charge is 0.164 e. The Bertz CT molecular complexity index is 2400. The highest BCUT2D eigenvalue weighted by molar-refractivity contribution is 7.99. The van der Waals surface area contributed by atoms with Gasteiger partial charge >= 0.3 is 0 Å². The number of rotatable bonds is 3. The molecule has 4 nitrogen and oxygen atoms in total. The average molecular weight is 620 g/mol. The standard InChI is InChI=1S/C42H25N3OS/c1-3-12-26(13-4-1)39-43-40(27-14-5-2-6-15-27)45-41(44-39)29-16-11-19-32-38(29)37-28-24-25-46-34(28)23-22-33(37)42(32)30-17-7-9-20-35(30)47-36-21-10-8-18-31(36)42/h1-25H. The molecule has 0 amide bonds. The third-order valence-corrected chi connectivity index (χ3v) is 10.7. The largest absolute Gasteiger partial charge is 0.464 e. The van der Waals surface area contributed by atoms with Crippen molar-refractivity contribution in [1.82, 2.24) is 15.0 Å². The van der Waals surface area contributed by atoms with E-state index in [1.807, 2.05) is 48.2 Å². The summed E-state index contributed by atoms with van der Waals surface area (Å²) in [4.78, 5) is 17.9. The first-order valence-electron chi connectivity index (χ1n) is 15.7. The lowest BCUT2D eigenvalue weighted by Gasteiger charge is -2.39. The summed E-state index contributed by atoms with van der Waals surface area (Å²) >= 11 is 1.85. The van der Waals surface area contributed by atoms with Crippen LogP contribution in [-0.2, 0) is 5.41 Å². The van der Waals surface area contributed by atoms with Crippen LogP contribution in [-0.4, -0.2) is 15.0 Å². The second-order valence-electron chi connectivity index (χ2n) is 11.9. The molecule has 0 bridgehead atoms. The fourth-order valence-electron chi connectivity index (χ4n) is 7.60. The van der Waals surface area contributed by atoms with Crippen molar-refractivity contribution in [2.45, 2.75) is 15.2 Å². The Morgan fingerprint density at radius 3 is 1.66 bits per heavy atom. The molecule has 5 heteroatoms. The molecule has 0 radical (unpaired) electrons. The summed E-state index contributed by atoms with van der Waals surface area (Å²) in [6, 6.07) is 51.1. The van der Waals surface area contributed by atoms with Gasteiger partial charge in [0.1, 0.15) is 5.58 Å². The number of furan rings is 1. The van der Waals surface area contributed by atoms with Gasteiger partial charge in [-0.2, -0.15) is 0 Å². The normalized spacial score (nSPS) is 13.6. The molecule has 0 atom stereocenters. The van der Waals surface area contributed by atoms with E-state index in [0.29, 0.717) is 17.5 Å². The van der Waals surface area contributed by atoms with Gasteiger partial charge in [0.05, 0.1) is 11.7 Å². The maximum atomic E-state index is 6.03. The van der Waals surface area contributed by atoms with Crippen LogP contribution in [0.25, 0.3) is 56.3 Å². The molecule has 1 aliphatic heterocycles. The van der Waals surface area contributed by atoms with Crippen molar-refractivity contribution < 1.29 is 4.42 Å². The van der Waals surface area contributed by atoms with Crippen LogP contribution in [0.2, 0.25) is 0 Å². The number of hydrogen-bond acceptors (Lipinski definition) is 5. The van der Waals surface area contributed by atoms with Crippen LogP contribution in [0, 0.1) is 0 Å². The van der Waals surface area contributed by atoms with E-state index in [1.54, 1.807) is 6.26 Å². The van der Waals surface area contributed by atoms with Crippen molar-refractivity contribution in [2.75, 3.05) is 0 Å². The summed E-state index contributed by atoms with van der Waals surface area (Å²) < 4.78 is 6.03. The van der Waals surface area contributed by atoms with Gasteiger partial charge in [0.25, 0.3) is 0 Å². The Hall–Kier alpha value is -5.78. The van der Waals surface area contributed by atoms with Gasteiger partial charge in [-0.05, 0) is 57.6 Å². The van der Waals surface area contributed by atoms with Crippen LogP contribution in [0.1, 0.15) is 22.3 Å². The quantitative estimate of drug-likeness (QED) is 0.197. The zero-order valence-electron chi connectivity index (χ0n) is 25.1. The third-order valence-electron chi connectivity index (χ3n) is 9.50. The van der Waals surface area contributed by atoms with Gasteiger partial charge in [0.15, 0.2) is 17.5 Å². The second-order valence-corrected chi connectivity index (χ2v) is 13.0. The highest BCUT2D eigenvalue weighted by Gasteiger charge is 2.51. The lowest BCUT2D eigenvalue weighted by molar-refractivity contribution is 0.615. The van der Waals surface area contributed by atoms with Gasteiger partial charge in [-0.25, -0.2) is 15.0 Å². The minimum Gasteiger partial charge on any atom is -0.464 e. The average Bonchev–Trinajstić information content (AvgIpc) is 3.74. The van der Waals surface area contributed by atoms with E-state index >= 15 is 0 Å². The van der Waals surface area contributed by atoms with Gasteiger partial charge < -0.3 is 4.42 Å². The molecular formula is C42H25N3OS. The molecule has 0 fully saturated rings.